The standard InChI is InChI=1S/C61H67N3O/c1-37(2)43-28-44(38(3)4)30-45(29-43)41-23-24-54(39(5)27-41)64-55-22-18-21-50(56(55)63-58(64)51-35-49(60(9,10)11)36-52(57(51)65)61(12,13)14)46-31-47(33-48(32-46)59(6,7)8)53-34-42(25-26-62-53)40-19-16-15-17-20-40/h15-38,65H,1-14H3/i5D3,9D3,10D3,11D3,12D3,13D3,14D3,15D,16D,17D,19D,20D,37D. The lowest BCUT2D eigenvalue weighted by Crippen LogP contribution is -2.17. The van der Waals surface area contributed by atoms with Crippen LogP contribution in [0.2, 0.25) is 0 Å². The summed E-state index contributed by atoms with van der Waals surface area (Å²) >= 11 is 0. The smallest absolute Gasteiger partial charge is 0.149 e. The molecule has 332 valence electrons. The molecule has 0 unspecified atom stereocenters. The minimum absolute atomic E-state index is 0.0615. The maximum atomic E-state index is 13.1. The van der Waals surface area contributed by atoms with Gasteiger partial charge in [0.15, 0.2) is 0 Å². The average Bonchev–Trinajstić information content (AvgIpc) is 0.814. The highest BCUT2D eigenvalue weighted by Gasteiger charge is 2.29. The van der Waals surface area contributed by atoms with Crippen LogP contribution in [0.15, 0.2) is 133 Å². The number of phenols is 1. The number of hydrogen-bond acceptors (Lipinski definition) is 3. The van der Waals surface area contributed by atoms with Gasteiger partial charge < -0.3 is 5.11 Å². The molecule has 4 nitrogen and oxygen atoms in total. The number of aromatic hydroxyl groups is 1. The Balaban J connectivity index is 1.62. The van der Waals surface area contributed by atoms with Crippen LogP contribution in [0.3, 0.4) is 0 Å². The Morgan fingerprint density at radius 2 is 1.34 bits per heavy atom. The molecule has 8 aromatic rings. The van der Waals surface area contributed by atoms with E-state index in [-0.39, 0.29) is 51.1 Å². The summed E-state index contributed by atoms with van der Waals surface area (Å²) in [5.41, 5.74) is -10.00. The fraction of sp³-hybridized carbons (Fsp3) is 0.311. The number of aromatic nitrogens is 3. The minimum Gasteiger partial charge on any atom is -0.507 e. The van der Waals surface area contributed by atoms with Gasteiger partial charge in [-0.3, -0.25) is 9.55 Å². The van der Waals surface area contributed by atoms with Gasteiger partial charge in [0.05, 0.1) is 34.8 Å². The van der Waals surface area contributed by atoms with Crippen LogP contribution in [0.4, 0.5) is 0 Å². The SMILES string of the molecule is [2H]c1c([2H])c([2H])c(-c2ccnc(-c3cc(-c4cccc5c4nc(-c4cc(C(C([2H])([2H])[2H])(C([2H])([2H])[2H])C([2H])([2H])[2H])cc(C(C([2H])([2H])[2H])(C([2H])([2H])[2H])C([2H])([2H])[2H])c4O)n5-c4ccc(-c5cc(C(C)C)cc(C([2H])(C)C)c5)cc4C([2H])([2H])[2H])cc(C(C)(C)C)c3)c2)c([2H])c1[2H]. The number of para-hydroxylation sites is 1. The molecule has 0 saturated heterocycles. The largest absolute Gasteiger partial charge is 0.507 e. The van der Waals surface area contributed by atoms with Crippen LogP contribution in [0.5, 0.6) is 5.75 Å². The van der Waals surface area contributed by atoms with Crippen molar-refractivity contribution >= 4 is 11.0 Å². The van der Waals surface area contributed by atoms with Crippen LogP contribution in [-0.2, 0) is 16.2 Å². The van der Waals surface area contributed by atoms with Crippen molar-refractivity contribution in [2.75, 3.05) is 0 Å². The molecule has 0 bridgehead atoms. The predicted octanol–water partition coefficient (Wildman–Crippen LogP) is 16.9. The molecule has 0 saturated carbocycles. The third-order valence-electron chi connectivity index (χ3n) is 11.6. The van der Waals surface area contributed by atoms with E-state index < -0.39 is 134 Å². The summed E-state index contributed by atoms with van der Waals surface area (Å²) in [5, 5.41) is 13.1. The normalized spacial score (nSPS) is 20.1. The van der Waals surface area contributed by atoms with Crippen molar-refractivity contribution in [3.8, 4) is 67.5 Å². The topological polar surface area (TPSA) is 50.9 Å². The number of phenolic OH excluding ortho intramolecular Hbond substituents is 1. The van der Waals surface area contributed by atoms with Crippen molar-refractivity contribution in [1.82, 2.24) is 14.5 Å². The number of pyridine rings is 1. The Labute approximate surface area is 426 Å². The molecule has 2 aromatic heterocycles. The Morgan fingerprint density at radius 1 is 0.631 bits per heavy atom. The average molecular weight is 885 g/mol. The zero-order chi connectivity index (χ0) is 69.5. The second-order valence-corrected chi connectivity index (χ2v) is 18.1. The molecule has 2 heterocycles. The van der Waals surface area contributed by atoms with E-state index in [0.717, 1.165) is 10.1 Å². The third-order valence-corrected chi connectivity index (χ3v) is 11.6. The summed E-state index contributed by atoms with van der Waals surface area (Å²) in [4.78, 5) is 9.66. The van der Waals surface area contributed by atoms with E-state index in [1.807, 2.05) is 52.8 Å². The summed E-state index contributed by atoms with van der Waals surface area (Å²) < 4.78 is 238. The molecule has 0 amide bonds. The van der Waals surface area contributed by atoms with E-state index in [1.54, 1.807) is 38.1 Å². The van der Waals surface area contributed by atoms with Crippen LogP contribution < -0.4 is 0 Å². The van der Waals surface area contributed by atoms with Crippen LogP contribution in [0, 0.1) is 6.85 Å². The third kappa shape index (κ3) is 9.06. The molecule has 0 radical (unpaired) electrons. The van der Waals surface area contributed by atoms with Gasteiger partial charge in [-0.05, 0) is 139 Å². The molecule has 0 aliphatic heterocycles. The van der Waals surface area contributed by atoms with E-state index in [9.17, 15) is 9.22 Å². The zero-order valence-corrected chi connectivity index (χ0v) is 37.2. The molecule has 0 spiro atoms. The Kier molecular flexibility index (Phi) is 5.94. The van der Waals surface area contributed by atoms with Crippen LogP contribution in [-0.4, -0.2) is 19.6 Å². The van der Waals surface area contributed by atoms with Gasteiger partial charge in [-0.2, -0.15) is 0 Å². The predicted molar refractivity (Wildman–Crippen MR) is 277 cm³/mol. The lowest BCUT2D eigenvalue weighted by Gasteiger charge is -2.27. The molecular weight excluding hydrogens is 791 g/mol. The van der Waals surface area contributed by atoms with E-state index in [1.165, 1.54) is 48.7 Å². The number of hydrogen-bond donors (Lipinski definition) is 1. The second-order valence-electron chi connectivity index (χ2n) is 18.1. The quantitative estimate of drug-likeness (QED) is 0.165. The van der Waals surface area contributed by atoms with E-state index in [0.29, 0.717) is 39.4 Å². The van der Waals surface area contributed by atoms with Crippen LogP contribution in [0.25, 0.3) is 72.7 Å². The minimum atomic E-state index is -4.30. The second kappa shape index (κ2) is 16.9. The molecule has 65 heavy (non-hydrogen) atoms. The van der Waals surface area contributed by atoms with E-state index in [2.05, 4.69) is 4.98 Å². The number of fused-ring (bicyclic) bond motifs is 1. The fourth-order valence-corrected chi connectivity index (χ4v) is 7.92. The molecule has 1 N–H and O–H groups in total. The van der Waals surface area contributed by atoms with E-state index >= 15 is 0 Å². The lowest BCUT2D eigenvalue weighted by atomic mass is 9.79. The lowest BCUT2D eigenvalue weighted by molar-refractivity contribution is 0.446. The Bertz CT molecular complexity index is 4100. The first-order chi connectivity index (χ1) is 41.7. The molecule has 0 atom stereocenters. The summed E-state index contributed by atoms with van der Waals surface area (Å²) in [5.74, 6) is -3.51. The van der Waals surface area contributed by atoms with Crippen molar-refractivity contribution in [1.29, 1.82) is 0 Å². The van der Waals surface area contributed by atoms with Crippen molar-refractivity contribution in [2.24, 2.45) is 0 Å². The first kappa shape index (κ1) is 22.8. The fourth-order valence-electron chi connectivity index (χ4n) is 7.92. The van der Waals surface area contributed by atoms with Gasteiger partial charge in [0.25, 0.3) is 0 Å². The summed E-state index contributed by atoms with van der Waals surface area (Å²) in [6.07, 6.45) is 1.39. The maximum absolute atomic E-state index is 13.1. The van der Waals surface area contributed by atoms with Crippen molar-refractivity contribution < 1.29 is 42.1 Å². The van der Waals surface area contributed by atoms with Gasteiger partial charge in [0.2, 0.25) is 0 Å². The number of aryl methyl sites for hydroxylation is 1. The first-order valence-electron chi connectivity index (χ1n) is 34.6. The maximum Gasteiger partial charge on any atom is 0.149 e. The Morgan fingerprint density at radius 3 is 2.03 bits per heavy atom. The molecule has 6 aromatic carbocycles. The van der Waals surface area contributed by atoms with E-state index in [4.69, 9.17) is 37.9 Å². The molecule has 8 rings (SSSR count). The van der Waals surface area contributed by atoms with Gasteiger partial charge in [-0.15, -0.1) is 0 Å². The monoisotopic (exact) mass is 885 g/mol. The van der Waals surface area contributed by atoms with Crippen molar-refractivity contribution in [3.63, 3.8) is 0 Å². The van der Waals surface area contributed by atoms with Crippen molar-refractivity contribution in [3.05, 3.63) is 167 Å². The Hall–Kier alpha value is -6.26. The molecule has 0 fully saturated rings. The number of nitrogens with zero attached hydrogens (tertiary/aromatic N) is 3. The molecule has 0 aliphatic carbocycles. The number of imidazole rings is 1. The van der Waals surface area contributed by atoms with Crippen molar-refractivity contribution in [2.45, 2.75) is 124 Å². The number of rotatable bonds is 8. The highest BCUT2D eigenvalue weighted by molar-refractivity contribution is 5.97. The zero-order valence-electron chi connectivity index (χ0n) is 64.2. The molecule has 0 aliphatic rings. The summed E-state index contributed by atoms with van der Waals surface area (Å²) in [7, 11) is 0. The molecule has 4 heteroatoms. The molecular formula is C61H67N3O. The van der Waals surface area contributed by atoms with Gasteiger partial charge in [0, 0.05) is 53.0 Å². The van der Waals surface area contributed by atoms with Crippen LogP contribution in [0.1, 0.15) is 172 Å². The highest BCUT2D eigenvalue weighted by atomic mass is 16.3. The van der Waals surface area contributed by atoms with Gasteiger partial charge in [-0.25, -0.2) is 4.98 Å². The van der Waals surface area contributed by atoms with Gasteiger partial charge >= 0.3 is 0 Å². The van der Waals surface area contributed by atoms with Gasteiger partial charge in [-0.1, -0.05) is 168 Å². The van der Waals surface area contributed by atoms with Crippen LogP contribution >= 0.6 is 0 Å². The van der Waals surface area contributed by atoms with Gasteiger partial charge in [0.1, 0.15) is 11.6 Å². The first-order valence-corrected chi connectivity index (χ1v) is 21.1. The summed E-state index contributed by atoms with van der Waals surface area (Å²) in [6.45, 7) is -15.5. The number of benzene rings is 6. The summed E-state index contributed by atoms with van der Waals surface area (Å²) in [6, 6.07) is 20.5. The highest BCUT2D eigenvalue weighted by Crippen LogP contribution is 2.45.